The molecule has 0 aromatic heterocycles. The van der Waals surface area contributed by atoms with Gasteiger partial charge in [-0.3, -0.25) is 4.99 Å². The van der Waals surface area contributed by atoms with Crippen LogP contribution < -0.4 is 11.1 Å². The first-order valence-electron chi connectivity index (χ1n) is 7.61. The van der Waals surface area contributed by atoms with Crippen molar-refractivity contribution in [1.29, 1.82) is 0 Å². The SMILES string of the molecule is NC(=NCC1CCC1)NCC1COC2(CCCC2)O1. The van der Waals surface area contributed by atoms with Crippen LogP contribution in [0.5, 0.6) is 0 Å². The Morgan fingerprint density at radius 3 is 2.74 bits per heavy atom. The van der Waals surface area contributed by atoms with Gasteiger partial charge in [-0.2, -0.15) is 0 Å². The Kier molecular flexibility index (Phi) is 3.93. The van der Waals surface area contributed by atoms with Gasteiger partial charge in [-0.15, -0.1) is 0 Å². The summed E-state index contributed by atoms with van der Waals surface area (Å²) in [6.45, 7) is 2.23. The second kappa shape index (κ2) is 5.67. The molecule has 1 atom stereocenters. The molecule has 0 aromatic carbocycles. The number of nitrogens with zero attached hydrogens (tertiary/aromatic N) is 1. The summed E-state index contributed by atoms with van der Waals surface area (Å²) in [4.78, 5) is 4.38. The Morgan fingerprint density at radius 1 is 1.26 bits per heavy atom. The van der Waals surface area contributed by atoms with Crippen molar-refractivity contribution in [1.82, 2.24) is 5.32 Å². The van der Waals surface area contributed by atoms with Crippen molar-refractivity contribution in [2.45, 2.75) is 56.8 Å². The van der Waals surface area contributed by atoms with E-state index >= 15 is 0 Å². The second-order valence-electron chi connectivity index (χ2n) is 6.07. The fourth-order valence-electron chi connectivity index (χ4n) is 3.07. The van der Waals surface area contributed by atoms with Gasteiger partial charge >= 0.3 is 0 Å². The van der Waals surface area contributed by atoms with E-state index in [4.69, 9.17) is 15.2 Å². The number of aliphatic imine (C=N–C) groups is 1. The first-order chi connectivity index (χ1) is 9.26. The van der Waals surface area contributed by atoms with Crippen LogP contribution in [-0.4, -0.2) is 37.5 Å². The zero-order chi connectivity index (χ0) is 13.1. The molecule has 0 bridgehead atoms. The Morgan fingerprint density at radius 2 is 2.05 bits per heavy atom. The number of nitrogens with two attached hydrogens (primary N) is 1. The van der Waals surface area contributed by atoms with Crippen LogP contribution in [0.25, 0.3) is 0 Å². The van der Waals surface area contributed by atoms with E-state index in [1.54, 1.807) is 0 Å². The molecule has 1 spiro atoms. The summed E-state index contributed by atoms with van der Waals surface area (Å²) < 4.78 is 11.9. The average molecular weight is 267 g/mol. The molecule has 19 heavy (non-hydrogen) atoms. The molecule has 2 aliphatic carbocycles. The van der Waals surface area contributed by atoms with Crippen molar-refractivity contribution in [3.05, 3.63) is 0 Å². The smallest absolute Gasteiger partial charge is 0.188 e. The van der Waals surface area contributed by atoms with Gasteiger partial charge in [0, 0.05) is 25.9 Å². The maximum atomic E-state index is 6.02. The topological polar surface area (TPSA) is 68.9 Å². The molecule has 1 unspecified atom stereocenters. The molecule has 3 fully saturated rings. The summed E-state index contributed by atoms with van der Waals surface area (Å²) in [6.07, 6.45) is 8.57. The standard InChI is InChI=1S/C14H25N3O2/c15-13(16-8-11-4-3-5-11)17-9-12-10-18-14(19-12)6-1-2-7-14/h11-12H,1-10H2,(H3,15,16,17). The number of nitrogens with one attached hydrogen (secondary N) is 1. The number of guanidine groups is 1. The van der Waals surface area contributed by atoms with Crippen molar-refractivity contribution >= 4 is 5.96 Å². The summed E-state index contributed by atoms with van der Waals surface area (Å²) in [5.74, 6) is 1.03. The van der Waals surface area contributed by atoms with E-state index in [-0.39, 0.29) is 11.9 Å². The third kappa shape index (κ3) is 3.20. The predicted molar refractivity (Wildman–Crippen MR) is 73.9 cm³/mol. The summed E-state index contributed by atoms with van der Waals surface area (Å²) in [5.41, 5.74) is 5.87. The van der Waals surface area contributed by atoms with Crippen molar-refractivity contribution in [2.24, 2.45) is 16.6 Å². The molecular weight excluding hydrogens is 242 g/mol. The Hall–Kier alpha value is -0.810. The van der Waals surface area contributed by atoms with Crippen LogP contribution in [0.4, 0.5) is 0 Å². The summed E-state index contributed by atoms with van der Waals surface area (Å²) >= 11 is 0. The van der Waals surface area contributed by atoms with Crippen LogP contribution in [0.1, 0.15) is 44.9 Å². The van der Waals surface area contributed by atoms with Gasteiger partial charge in [-0.1, -0.05) is 6.42 Å². The van der Waals surface area contributed by atoms with Crippen LogP contribution in [-0.2, 0) is 9.47 Å². The van der Waals surface area contributed by atoms with Gasteiger partial charge in [0.15, 0.2) is 11.7 Å². The lowest BCUT2D eigenvalue weighted by atomic mass is 9.86. The van der Waals surface area contributed by atoms with E-state index in [0.29, 0.717) is 19.1 Å². The van der Waals surface area contributed by atoms with E-state index in [0.717, 1.165) is 25.3 Å². The maximum Gasteiger partial charge on any atom is 0.188 e. The van der Waals surface area contributed by atoms with Gasteiger partial charge in [0.25, 0.3) is 0 Å². The monoisotopic (exact) mass is 267 g/mol. The average Bonchev–Trinajstić information content (AvgIpc) is 2.96. The number of hydrogen-bond acceptors (Lipinski definition) is 3. The number of rotatable bonds is 4. The molecule has 1 aliphatic heterocycles. The van der Waals surface area contributed by atoms with Crippen molar-refractivity contribution in [3.63, 3.8) is 0 Å². The summed E-state index contributed by atoms with van der Waals surface area (Å²) in [7, 11) is 0. The van der Waals surface area contributed by atoms with Gasteiger partial charge in [0.05, 0.1) is 6.61 Å². The zero-order valence-electron chi connectivity index (χ0n) is 11.6. The fraction of sp³-hybridized carbons (Fsp3) is 0.929. The zero-order valence-corrected chi connectivity index (χ0v) is 11.6. The van der Waals surface area contributed by atoms with E-state index in [9.17, 15) is 0 Å². The molecule has 108 valence electrons. The third-order valence-electron chi connectivity index (χ3n) is 4.53. The lowest BCUT2D eigenvalue weighted by molar-refractivity contribution is -0.160. The lowest BCUT2D eigenvalue weighted by Crippen LogP contribution is -2.39. The Bertz CT molecular complexity index is 336. The van der Waals surface area contributed by atoms with Gasteiger partial charge in [-0.25, -0.2) is 0 Å². The highest BCUT2D eigenvalue weighted by molar-refractivity contribution is 5.77. The quantitative estimate of drug-likeness (QED) is 0.596. The Balaban J connectivity index is 1.37. The molecule has 1 heterocycles. The predicted octanol–water partition coefficient (Wildman–Crippen LogP) is 1.38. The molecule has 5 nitrogen and oxygen atoms in total. The number of ether oxygens (including phenoxy) is 2. The second-order valence-corrected chi connectivity index (χ2v) is 6.07. The van der Waals surface area contributed by atoms with Crippen LogP contribution in [0.3, 0.4) is 0 Å². The van der Waals surface area contributed by atoms with Crippen LogP contribution in [0, 0.1) is 5.92 Å². The van der Waals surface area contributed by atoms with E-state index < -0.39 is 0 Å². The minimum atomic E-state index is -0.274. The molecule has 2 saturated carbocycles. The molecule has 0 aromatic rings. The van der Waals surface area contributed by atoms with Gasteiger partial charge < -0.3 is 20.5 Å². The molecule has 1 saturated heterocycles. The Labute approximate surface area is 114 Å². The fourth-order valence-corrected chi connectivity index (χ4v) is 3.07. The molecule has 5 heteroatoms. The first-order valence-corrected chi connectivity index (χ1v) is 7.61. The van der Waals surface area contributed by atoms with Gasteiger partial charge in [0.2, 0.25) is 0 Å². The minimum Gasteiger partial charge on any atom is -0.370 e. The summed E-state index contributed by atoms with van der Waals surface area (Å²) in [5, 5.41) is 3.16. The van der Waals surface area contributed by atoms with E-state index in [1.165, 1.54) is 32.1 Å². The first kappa shape index (κ1) is 13.2. The highest BCUT2D eigenvalue weighted by Gasteiger charge is 2.43. The van der Waals surface area contributed by atoms with E-state index in [2.05, 4.69) is 10.3 Å². The highest BCUT2D eigenvalue weighted by atomic mass is 16.7. The van der Waals surface area contributed by atoms with Gasteiger partial charge in [-0.05, 0) is 31.6 Å². The molecule has 0 amide bonds. The third-order valence-corrected chi connectivity index (χ3v) is 4.53. The summed E-state index contributed by atoms with van der Waals surface area (Å²) in [6, 6.07) is 0. The highest BCUT2D eigenvalue weighted by Crippen LogP contribution is 2.38. The molecule has 3 N–H and O–H groups in total. The minimum absolute atomic E-state index is 0.107. The van der Waals surface area contributed by atoms with Crippen molar-refractivity contribution in [3.8, 4) is 0 Å². The largest absolute Gasteiger partial charge is 0.370 e. The van der Waals surface area contributed by atoms with E-state index in [1.807, 2.05) is 0 Å². The number of hydrogen-bond donors (Lipinski definition) is 2. The van der Waals surface area contributed by atoms with Crippen LogP contribution in [0.15, 0.2) is 4.99 Å². The van der Waals surface area contributed by atoms with Crippen LogP contribution >= 0.6 is 0 Å². The molecular formula is C14H25N3O2. The van der Waals surface area contributed by atoms with Gasteiger partial charge in [0.1, 0.15) is 6.10 Å². The normalized spacial score (nSPS) is 30.7. The van der Waals surface area contributed by atoms with Crippen molar-refractivity contribution < 1.29 is 9.47 Å². The maximum absolute atomic E-state index is 6.02. The molecule has 3 rings (SSSR count). The lowest BCUT2D eigenvalue weighted by Gasteiger charge is -2.23. The molecule has 0 radical (unpaired) electrons. The van der Waals surface area contributed by atoms with Crippen LogP contribution in [0.2, 0.25) is 0 Å². The molecule has 3 aliphatic rings. The van der Waals surface area contributed by atoms with Crippen molar-refractivity contribution in [2.75, 3.05) is 19.7 Å².